The van der Waals surface area contributed by atoms with Crippen LogP contribution in [-0.4, -0.2) is 47.3 Å². The number of amides is 2. The molecule has 1 aromatic carbocycles. The van der Waals surface area contributed by atoms with Crippen LogP contribution in [0.3, 0.4) is 0 Å². The van der Waals surface area contributed by atoms with E-state index in [1.54, 1.807) is 6.08 Å². The van der Waals surface area contributed by atoms with E-state index in [-0.39, 0.29) is 11.8 Å². The third kappa shape index (κ3) is 4.31. The molecule has 2 heterocycles. The van der Waals surface area contributed by atoms with Crippen molar-refractivity contribution in [3.63, 3.8) is 0 Å². The van der Waals surface area contributed by atoms with Crippen molar-refractivity contribution in [2.24, 2.45) is 11.8 Å². The smallest absolute Gasteiger partial charge is 0.246 e. The predicted octanol–water partition coefficient (Wildman–Crippen LogP) is 4.12. The molecule has 2 saturated heterocycles. The summed E-state index contributed by atoms with van der Waals surface area (Å²) in [4.78, 5) is 29.8. The van der Waals surface area contributed by atoms with E-state index in [2.05, 4.69) is 4.90 Å². The molecule has 2 amide bonds. The van der Waals surface area contributed by atoms with E-state index in [1.807, 2.05) is 41.3 Å². The normalized spacial score (nSPS) is 26.3. The number of fused-ring (bicyclic) bond motifs is 1. The number of rotatable bonds is 3. The van der Waals surface area contributed by atoms with Gasteiger partial charge in [0.05, 0.1) is 0 Å². The van der Waals surface area contributed by atoms with Crippen LogP contribution in [-0.2, 0) is 9.59 Å². The molecule has 2 unspecified atom stereocenters. The lowest BCUT2D eigenvalue weighted by atomic mass is 9.77. The maximum absolute atomic E-state index is 13.2. The van der Waals surface area contributed by atoms with Crippen molar-refractivity contribution in [3.8, 4) is 0 Å². The van der Waals surface area contributed by atoms with Gasteiger partial charge in [-0.25, -0.2) is 0 Å². The van der Waals surface area contributed by atoms with E-state index >= 15 is 0 Å². The lowest BCUT2D eigenvalue weighted by Crippen LogP contribution is -2.53. The third-order valence-corrected chi connectivity index (χ3v) is 6.90. The van der Waals surface area contributed by atoms with Crippen molar-refractivity contribution in [1.29, 1.82) is 0 Å². The zero-order valence-electron chi connectivity index (χ0n) is 16.8. The number of likely N-dealkylation sites (tertiary alicyclic amines) is 2. The number of piperidine rings is 2. The number of benzene rings is 1. The summed E-state index contributed by atoms with van der Waals surface area (Å²) >= 11 is 0. The van der Waals surface area contributed by atoms with Crippen LogP contribution in [0.15, 0.2) is 36.4 Å². The highest BCUT2D eigenvalue weighted by molar-refractivity contribution is 5.92. The molecule has 0 bridgehead atoms. The fraction of sp³-hybridized carbons (Fsp3) is 0.583. The highest BCUT2D eigenvalue weighted by Crippen LogP contribution is 2.36. The SMILES string of the molecule is O=C(C=Cc1ccccc1)N1CCC(C(=O)N2CCCC3CCCCC32)CC1. The van der Waals surface area contributed by atoms with Gasteiger partial charge in [0.25, 0.3) is 0 Å². The molecule has 1 aromatic rings. The number of carbonyl (C=O) groups excluding carboxylic acids is 2. The molecular formula is C24H32N2O2. The first-order chi connectivity index (χ1) is 13.7. The second-order valence-electron chi connectivity index (χ2n) is 8.63. The van der Waals surface area contributed by atoms with Gasteiger partial charge >= 0.3 is 0 Å². The lowest BCUT2D eigenvalue weighted by Gasteiger charge is -2.46. The van der Waals surface area contributed by atoms with Crippen molar-refractivity contribution in [2.45, 2.75) is 57.4 Å². The molecule has 0 radical (unpaired) electrons. The first-order valence-electron chi connectivity index (χ1n) is 11.0. The summed E-state index contributed by atoms with van der Waals surface area (Å²) in [5.74, 6) is 1.25. The third-order valence-electron chi connectivity index (χ3n) is 6.90. The van der Waals surface area contributed by atoms with Crippen LogP contribution in [0.1, 0.15) is 56.9 Å². The minimum Gasteiger partial charge on any atom is -0.339 e. The summed E-state index contributed by atoms with van der Waals surface area (Å²) in [6.45, 7) is 2.32. The molecule has 2 aliphatic heterocycles. The highest BCUT2D eigenvalue weighted by Gasteiger charge is 2.38. The number of hydrogen-bond acceptors (Lipinski definition) is 2. The topological polar surface area (TPSA) is 40.6 Å². The molecule has 2 atom stereocenters. The summed E-state index contributed by atoms with van der Waals surface area (Å²) in [5, 5.41) is 0. The Bertz CT molecular complexity index is 705. The molecule has 150 valence electrons. The first-order valence-corrected chi connectivity index (χ1v) is 11.0. The van der Waals surface area contributed by atoms with Crippen LogP contribution < -0.4 is 0 Å². The molecule has 0 N–H and O–H groups in total. The fourth-order valence-electron chi connectivity index (χ4n) is 5.32. The maximum Gasteiger partial charge on any atom is 0.246 e. The summed E-state index contributed by atoms with van der Waals surface area (Å²) in [5.41, 5.74) is 1.04. The van der Waals surface area contributed by atoms with Crippen LogP contribution in [0.2, 0.25) is 0 Å². The maximum atomic E-state index is 13.2. The number of carbonyl (C=O) groups is 2. The first kappa shape index (κ1) is 19.2. The van der Waals surface area contributed by atoms with E-state index < -0.39 is 0 Å². The molecule has 4 heteroatoms. The zero-order chi connectivity index (χ0) is 19.3. The Morgan fingerprint density at radius 3 is 2.36 bits per heavy atom. The molecular weight excluding hydrogens is 348 g/mol. The average molecular weight is 381 g/mol. The summed E-state index contributed by atoms with van der Waals surface area (Å²) < 4.78 is 0. The van der Waals surface area contributed by atoms with Crippen LogP contribution in [0.25, 0.3) is 6.08 Å². The molecule has 28 heavy (non-hydrogen) atoms. The van der Waals surface area contributed by atoms with E-state index in [0.717, 1.165) is 37.3 Å². The van der Waals surface area contributed by atoms with Gasteiger partial charge in [-0.3, -0.25) is 9.59 Å². The Kier molecular flexibility index (Phi) is 6.13. The van der Waals surface area contributed by atoms with Gasteiger partial charge in [-0.2, -0.15) is 0 Å². The van der Waals surface area contributed by atoms with Crippen LogP contribution in [0.5, 0.6) is 0 Å². The standard InChI is InChI=1S/C24H32N2O2/c27-23(13-12-19-7-2-1-3-8-19)25-17-14-21(15-18-25)24(28)26-16-6-10-20-9-4-5-11-22(20)26/h1-3,7-8,12-13,20-22H,4-6,9-11,14-18H2. The van der Waals surface area contributed by atoms with Crippen LogP contribution >= 0.6 is 0 Å². The summed E-state index contributed by atoms with van der Waals surface area (Å²) in [6.07, 6.45) is 12.7. The van der Waals surface area contributed by atoms with Gasteiger partial charge in [0.2, 0.25) is 11.8 Å². The van der Waals surface area contributed by atoms with E-state index in [1.165, 1.54) is 32.1 Å². The fourth-order valence-corrected chi connectivity index (χ4v) is 5.32. The zero-order valence-corrected chi connectivity index (χ0v) is 16.8. The molecule has 0 spiro atoms. The Morgan fingerprint density at radius 1 is 0.857 bits per heavy atom. The van der Waals surface area contributed by atoms with Crippen molar-refractivity contribution in [2.75, 3.05) is 19.6 Å². The van der Waals surface area contributed by atoms with Crippen LogP contribution in [0, 0.1) is 11.8 Å². The lowest BCUT2D eigenvalue weighted by molar-refractivity contribution is -0.145. The largest absolute Gasteiger partial charge is 0.339 e. The Morgan fingerprint density at radius 2 is 1.57 bits per heavy atom. The molecule has 3 aliphatic rings. The van der Waals surface area contributed by atoms with Gasteiger partial charge in [0, 0.05) is 37.7 Å². The summed E-state index contributed by atoms with van der Waals surface area (Å²) in [7, 11) is 0. The van der Waals surface area contributed by atoms with E-state index in [4.69, 9.17) is 0 Å². The van der Waals surface area contributed by atoms with Crippen molar-refractivity contribution in [3.05, 3.63) is 42.0 Å². The van der Waals surface area contributed by atoms with Gasteiger partial charge < -0.3 is 9.80 Å². The Balaban J connectivity index is 1.30. The van der Waals surface area contributed by atoms with Gasteiger partial charge in [0.15, 0.2) is 0 Å². The predicted molar refractivity (Wildman–Crippen MR) is 111 cm³/mol. The average Bonchev–Trinajstić information content (AvgIpc) is 2.77. The van der Waals surface area contributed by atoms with Crippen LogP contribution in [0.4, 0.5) is 0 Å². The van der Waals surface area contributed by atoms with E-state index in [9.17, 15) is 9.59 Å². The minimum absolute atomic E-state index is 0.0556. The molecule has 4 rings (SSSR count). The van der Waals surface area contributed by atoms with E-state index in [0.29, 0.717) is 25.0 Å². The van der Waals surface area contributed by atoms with Crippen molar-refractivity contribution in [1.82, 2.24) is 9.80 Å². The second kappa shape index (κ2) is 8.93. The molecule has 1 aliphatic carbocycles. The second-order valence-corrected chi connectivity index (χ2v) is 8.63. The minimum atomic E-state index is 0.0556. The Hall–Kier alpha value is -2.10. The monoisotopic (exact) mass is 380 g/mol. The van der Waals surface area contributed by atoms with Crippen molar-refractivity contribution < 1.29 is 9.59 Å². The number of nitrogens with zero attached hydrogens (tertiary/aromatic N) is 2. The van der Waals surface area contributed by atoms with Gasteiger partial charge in [-0.1, -0.05) is 43.2 Å². The summed E-state index contributed by atoms with van der Waals surface area (Å²) in [6, 6.07) is 10.4. The molecule has 4 nitrogen and oxygen atoms in total. The van der Waals surface area contributed by atoms with Gasteiger partial charge in [-0.05, 0) is 56.1 Å². The highest BCUT2D eigenvalue weighted by atomic mass is 16.2. The Labute approximate surface area is 168 Å². The molecule has 0 aromatic heterocycles. The van der Waals surface area contributed by atoms with Gasteiger partial charge in [-0.15, -0.1) is 0 Å². The van der Waals surface area contributed by atoms with Crippen molar-refractivity contribution >= 4 is 17.9 Å². The molecule has 1 saturated carbocycles. The quantitative estimate of drug-likeness (QED) is 0.740. The molecule has 3 fully saturated rings. The van der Waals surface area contributed by atoms with Gasteiger partial charge in [0.1, 0.15) is 0 Å². The number of hydrogen-bond donors (Lipinski definition) is 0.